The first-order chi connectivity index (χ1) is 11.5. The minimum absolute atomic E-state index is 0.0747. The first-order valence-electron chi connectivity index (χ1n) is 7.59. The van der Waals surface area contributed by atoms with E-state index in [2.05, 4.69) is 0 Å². The van der Waals surface area contributed by atoms with E-state index in [1.54, 1.807) is 31.2 Å². The van der Waals surface area contributed by atoms with Gasteiger partial charge in [0.15, 0.2) is 0 Å². The number of methoxy groups -OCH3 is 1. The first-order valence-corrected chi connectivity index (χ1v) is 8.47. The number of anilines is 1. The summed E-state index contributed by atoms with van der Waals surface area (Å²) in [6, 6.07) is 6.75. The van der Waals surface area contributed by atoms with Crippen molar-refractivity contribution >= 4 is 34.5 Å². The standard InChI is InChI=1S/C16H20N2O5S/c1-3-17(8-9-19)14(20)10-13-15(21)18(16(22)24-13)11-6-4-5-7-12(11)23-2/h4-7,13,19H,3,8-10H2,1-2H3. The van der Waals surface area contributed by atoms with Crippen LogP contribution in [0, 0.1) is 0 Å². The summed E-state index contributed by atoms with van der Waals surface area (Å²) in [6.45, 7) is 2.31. The molecule has 130 valence electrons. The van der Waals surface area contributed by atoms with Crippen LogP contribution in [0.1, 0.15) is 13.3 Å². The molecule has 7 nitrogen and oxygen atoms in total. The third kappa shape index (κ3) is 3.70. The van der Waals surface area contributed by atoms with Crippen molar-refractivity contribution in [3.63, 3.8) is 0 Å². The third-order valence-electron chi connectivity index (χ3n) is 3.71. The molecule has 0 radical (unpaired) electrons. The van der Waals surface area contributed by atoms with E-state index in [-0.39, 0.29) is 25.5 Å². The second kappa shape index (κ2) is 8.16. The fraction of sp³-hybridized carbons (Fsp3) is 0.438. The van der Waals surface area contributed by atoms with Gasteiger partial charge in [0.2, 0.25) is 11.8 Å². The number of ether oxygens (including phenoxy) is 1. The molecule has 3 amide bonds. The number of rotatable bonds is 7. The van der Waals surface area contributed by atoms with Crippen molar-refractivity contribution < 1.29 is 24.2 Å². The smallest absolute Gasteiger partial charge is 0.293 e. The lowest BCUT2D eigenvalue weighted by Crippen LogP contribution is -2.37. The molecule has 1 N–H and O–H groups in total. The Hall–Kier alpha value is -2.06. The Morgan fingerprint density at radius 2 is 2.08 bits per heavy atom. The average Bonchev–Trinajstić information content (AvgIpc) is 2.86. The zero-order chi connectivity index (χ0) is 17.7. The largest absolute Gasteiger partial charge is 0.495 e. The van der Waals surface area contributed by atoms with Crippen LogP contribution in [0.15, 0.2) is 24.3 Å². The maximum Gasteiger partial charge on any atom is 0.293 e. The molecular formula is C16H20N2O5S. The molecular weight excluding hydrogens is 332 g/mol. The van der Waals surface area contributed by atoms with E-state index < -0.39 is 16.4 Å². The number of aliphatic hydroxyl groups is 1. The molecule has 1 aromatic carbocycles. The molecule has 1 aliphatic heterocycles. The quantitative estimate of drug-likeness (QED) is 0.800. The van der Waals surface area contributed by atoms with Gasteiger partial charge in [-0.3, -0.25) is 14.4 Å². The summed E-state index contributed by atoms with van der Waals surface area (Å²) in [4.78, 5) is 39.6. The number of carbonyl (C=O) groups is 3. The van der Waals surface area contributed by atoms with Crippen LogP contribution in [0.2, 0.25) is 0 Å². The second-order valence-electron chi connectivity index (χ2n) is 5.12. The molecule has 0 aliphatic carbocycles. The average molecular weight is 352 g/mol. The number of likely N-dealkylation sites (N-methyl/N-ethyl adjacent to an activating group) is 1. The first kappa shape index (κ1) is 18.3. The SMILES string of the molecule is CCN(CCO)C(=O)CC1SC(=O)N(c2ccccc2OC)C1=O. The summed E-state index contributed by atoms with van der Waals surface area (Å²) >= 11 is 0.842. The molecule has 8 heteroatoms. The molecule has 0 saturated carbocycles. The fourth-order valence-electron chi connectivity index (χ4n) is 2.49. The third-order valence-corrected chi connectivity index (χ3v) is 4.75. The van der Waals surface area contributed by atoms with E-state index in [0.717, 1.165) is 16.7 Å². The Morgan fingerprint density at radius 1 is 1.38 bits per heavy atom. The monoisotopic (exact) mass is 352 g/mol. The van der Waals surface area contributed by atoms with Crippen molar-refractivity contribution in [1.82, 2.24) is 4.90 Å². The normalized spacial score (nSPS) is 17.3. The summed E-state index contributed by atoms with van der Waals surface area (Å²) in [5, 5.41) is 7.79. The van der Waals surface area contributed by atoms with Crippen LogP contribution in [-0.2, 0) is 9.59 Å². The molecule has 1 aromatic rings. The number of para-hydroxylation sites is 2. The zero-order valence-electron chi connectivity index (χ0n) is 13.6. The summed E-state index contributed by atoms with van der Waals surface area (Å²) in [5.41, 5.74) is 0.375. The summed E-state index contributed by atoms with van der Waals surface area (Å²) in [7, 11) is 1.46. The zero-order valence-corrected chi connectivity index (χ0v) is 14.4. The molecule has 24 heavy (non-hydrogen) atoms. The summed E-state index contributed by atoms with van der Waals surface area (Å²) in [6.07, 6.45) is -0.0747. The van der Waals surface area contributed by atoms with E-state index in [9.17, 15) is 14.4 Å². The molecule has 0 aromatic heterocycles. The van der Waals surface area contributed by atoms with Gasteiger partial charge >= 0.3 is 0 Å². The number of aliphatic hydroxyl groups excluding tert-OH is 1. The van der Waals surface area contributed by atoms with Crippen LogP contribution in [0.5, 0.6) is 5.75 Å². The van der Waals surface area contributed by atoms with Crippen LogP contribution >= 0.6 is 11.8 Å². The number of amides is 3. The van der Waals surface area contributed by atoms with Gasteiger partial charge in [-0.2, -0.15) is 0 Å². The second-order valence-corrected chi connectivity index (χ2v) is 6.27. The van der Waals surface area contributed by atoms with E-state index in [4.69, 9.17) is 9.84 Å². The van der Waals surface area contributed by atoms with Gasteiger partial charge in [0.25, 0.3) is 5.24 Å². The van der Waals surface area contributed by atoms with Crippen molar-refractivity contribution in [1.29, 1.82) is 0 Å². The molecule has 1 fully saturated rings. The van der Waals surface area contributed by atoms with Gasteiger partial charge in [-0.25, -0.2) is 4.90 Å². The van der Waals surface area contributed by atoms with Crippen LogP contribution in [-0.4, -0.2) is 59.1 Å². The van der Waals surface area contributed by atoms with Crippen LogP contribution in [0.25, 0.3) is 0 Å². The van der Waals surface area contributed by atoms with Gasteiger partial charge in [0.1, 0.15) is 11.0 Å². The van der Waals surface area contributed by atoms with Crippen molar-refractivity contribution in [3.8, 4) is 5.75 Å². The van der Waals surface area contributed by atoms with Crippen LogP contribution < -0.4 is 9.64 Å². The molecule has 1 aliphatic rings. The lowest BCUT2D eigenvalue weighted by Gasteiger charge is -2.21. The number of hydrogen-bond donors (Lipinski definition) is 1. The van der Waals surface area contributed by atoms with Gasteiger partial charge < -0.3 is 14.7 Å². The number of benzene rings is 1. The summed E-state index contributed by atoms with van der Waals surface area (Å²) in [5.74, 6) is -0.266. The van der Waals surface area contributed by atoms with Gasteiger partial charge in [-0.1, -0.05) is 12.1 Å². The Morgan fingerprint density at radius 3 is 2.71 bits per heavy atom. The maximum absolute atomic E-state index is 12.6. The Kier molecular flexibility index (Phi) is 6.22. The van der Waals surface area contributed by atoms with Crippen LogP contribution in [0.3, 0.4) is 0 Å². The molecule has 1 heterocycles. The molecule has 2 rings (SSSR count). The minimum atomic E-state index is -0.761. The fourth-order valence-corrected chi connectivity index (χ4v) is 3.46. The predicted molar refractivity (Wildman–Crippen MR) is 91.2 cm³/mol. The lowest BCUT2D eigenvalue weighted by atomic mass is 10.2. The molecule has 0 spiro atoms. The molecule has 1 atom stereocenters. The van der Waals surface area contributed by atoms with Crippen molar-refractivity contribution in [2.75, 3.05) is 31.7 Å². The highest BCUT2D eigenvalue weighted by Crippen LogP contribution is 2.37. The number of imide groups is 1. The highest BCUT2D eigenvalue weighted by atomic mass is 32.2. The van der Waals surface area contributed by atoms with E-state index in [0.29, 0.717) is 18.0 Å². The number of hydrogen-bond acceptors (Lipinski definition) is 6. The van der Waals surface area contributed by atoms with Gasteiger partial charge in [0, 0.05) is 19.5 Å². The van der Waals surface area contributed by atoms with E-state index >= 15 is 0 Å². The van der Waals surface area contributed by atoms with Crippen molar-refractivity contribution in [3.05, 3.63) is 24.3 Å². The Labute approximate surface area is 144 Å². The number of nitrogens with zero attached hydrogens (tertiary/aromatic N) is 2. The highest BCUT2D eigenvalue weighted by Gasteiger charge is 2.42. The predicted octanol–water partition coefficient (Wildman–Crippen LogP) is 1.49. The minimum Gasteiger partial charge on any atom is -0.495 e. The molecule has 1 saturated heterocycles. The van der Waals surface area contributed by atoms with Crippen molar-refractivity contribution in [2.45, 2.75) is 18.6 Å². The lowest BCUT2D eigenvalue weighted by molar-refractivity contribution is -0.133. The topological polar surface area (TPSA) is 87.2 Å². The molecule has 0 bridgehead atoms. The van der Waals surface area contributed by atoms with E-state index in [1.807, 2.05) is 0 Å². The van der Waals surface area contributed by atoms with Crippen LogP contribution in [0.4, 0.5) is 10.5 Å². The molecule has 1 unspecified atom stereocenters. The van der Waals surface area contributed by atoms with Gasteiger partial charge in [-0.15, -0.1) is 0 Å². The number of thioether (sulfide) groups is 1. The van der Waals surface area contributed by atoms with E-state index in [1.165, 1.54) is 12.0 Å². The summed E-state index contributed by atoms with van der Waals surface area (Å²) < 4.78 is 5.20. The van der Waals surface area contributed by atoms with Gasteiger partial charge in [0.05, 0.1) is 19.4 Å². The highest BCUT2D eigenvalue weighted by molar-refractivity contribution is 8.15. The van der Waals surface area contributed by atoms with Crippen molar-refractivity contribution in [2.24, 2.45) is 0 Å². The number of carbonyl (C=O) groups excluding carboxylic acids is 3. The Balaban J connectivity index is 2.15. The Bertz CT molecular complexity index is 637. The van der Waals surface area contributed by atoms with Gasteiger partial charge in [-0.05, 0) is 30.8 Å². The maximum atomic E-state index is 12.6.